The van der Waals surface area contributed by atoms with Gasteiger partial charge in [-0.15, -0.1) is 0 Å². The quantitative estimate of drug-likeness (QED) is 0.722. The zero-order valence-corrected chi connectivity index (χ0v) is 16.0. The van der Waals surface area contributed by atoms with Crippen LogP contribution in [0.5, 0.6) is 0 Å². The molecule has 3 rings (SSSR count). The summed E-state index contributed by atoms with van der Waals surface area (Å²) < 4.78 is 44.1. The smallest absolute Gasteiger partial charge is 0.433 e. The lowest BCUT2D eigenvalue weighted by Crippen LogP contribution is -2.43. The lowest BCUT2D eigenvalue weighted by atomic mass is 9.77. The monoisotopic (exact) mass is 385 g/mol. The molecule has 0 aliphatic carbocycles. The van der Waals surface area contributed by atoms with Crippen LogP contribution in [0.2, 0.25) is 0 Å². The molecule has 0 atom stereocenters. The standard InChI is InChI=1S/C19H26F3N3O2/c1-17(2,3)27-16(26)25-11-7-18(13-25)5-9-24(10-6-18)14-4-8-23-15(12-14)19(20,21)22/h4,8,12H,5-7,9-11,13H2,1-3H3. The molecule has 150 valence electrons. The van der Waals surface area contributed by atoms with Gasteiger partial charge in [0.2, 0.25) is 0 Å². The van der Waals surface area contributed by atoms with Crippen molar-refractivity contribution in [2.75, 3.05) is 31.1 Å². The van der Waals surface area contributed by atoms with Crippen LogP contribution in [0.4, 0.5) is 23.7 Å². The second-order valence-corrected chi connectivity index (χ2v) is 8.54. The number of aromatic nitrogens is 1. The highest BCUT2D eigenvalue weighted by Crippen LogP contribution is 2.42. The Morgan fingerprint density at radius 2 is 1.78 bits per heavy atom. The first-order chi connectivity index (χ1) is 12.5. The number of hydrogen-bond donors (Lipinski definition) is 0. The van der Waals surface area contributed by atoms with Crippen LogP contribution in [0.1, 0.15) is 45.7 Å². The average molecular weight is 385 g/mol. The van der Waals surface area contributed by atoms with Gasteiger partial charge in [-0.05, 0) is 57.6 Å². The highest BCUT2D eigenvalue weighted by Gasteiger charge is 2.43. The van der Waals surface area contributed by atoms with Crippen LogP contribution in [0.25, 0.3) is 0 Å². The Kier molecular flexibility index (Phi) is 5.03. The molecule has 27 heavy (non-hydrogen) atoms. The van der Waals surface area contributed by atoms with E-state index in [1.165, 1.54) is 6.20 Å². The van der Waals surface area contributed by atoms with E-state index in [9.17, 15) is 18.0 Å². The molecule has 0 bridgehead atoms. The van der Waals surface area contributed by atoms with Crippen molar-refractivity contribution in [2.24, 2.45) is 5.41 Å². The Balaban J connectivity index is 1.60. The van der Waals surface area contributed by atoms with E-state index in [0.717, 1.165) is 25.3 Å². The van der Waals surface area contributed by atoms with Crippen LogP contribution in [-0.4, -0.2) is 47.8 Å². The summed E-state index contributed by atoms with van der Waals surface area (Å²) in [4.78, 5) is 19.4. The summed E-state index contributed by atoms with van der Waals surface area (Å²) in [5.74, 6) is 0. The minimum Gasteiger partial charge on any atom is -0.444 e. The molecule has 0 radical (unpaired) electrons. The number of ether oxygens (including phenoxy) is 1. The minimum atomic E-state index is -4.44. The SMILES string of the molecule is CC(C)(C)OC(=O)N1CCC2(CCN(c3ccnc(C(F)(F)F)c3)CC2)C1. The Morgan fingerprint density at radius 3 is 2.37 bits per heavy atom. The zero-order valence-electron chi connectivity index (χ0n) is 16.0. The van der Waals surface area contributed by atoms with Gasteiger partial charge in [0.1, 0.15) is 11.3 Å². The van der Waals surface area contributed by atoms with Gasteiger partial charge < -0.3 is 14.5 Å². The number of carbonyl (C=O) groups excluding carboxylic acids is 1. The number of alkyl halides is 3. The van der Waals surface area contributed by atoms with Gasteiger partial charge in [0.15, 0.2) is 0 Å². The molecule has 2 fully saturated rings. The first kappa shape index (κ1) is 19.8. The van der Waals surface area contributed by atoms with Crippen molar-refractivity contribution >= 4 is 11.8 Å². The fourth-order valence-electron chi connectivity index (χ4n) is 3.84. The van der Waals surface area contributed by atoms with Gasteiger partial charge in [-0.3, -0.25) is 4.98 Å². The third kappa shape index (κ3) is 4.65. The summed E-state index contributed by atoms with van der Waals surface area (Å²) in [5, 5.41) is 0. The summed E-state index contributed by atoms with van der Waals surface area (Å²) in [6, 6.07) is 2.73. The Morgan fingerprint density at radius 1 is 1.15 bits per heavy atom. The number of likely N-dealkylation sites (tertiary alicyclic amines) is 1. The largest absolute Gasteiger partial charge is 0.444 e. The number of anilines is 1. The molecule has 0 aromatic carbocycles. The summed E-state index contributed by atoms with van der Waals surface area (Å²) in [7, 11) is 0. The molecule has 1 aromatic rings. The van der Waals surface area contributed by atoms with Gasteiger partial charge in [-0.25, -0.2) is 4.79 Å². The maximum absolute atomic E-state index is 12.9. The Hall–Kier alpha value is -1.99. The molecule has 3 heterocycles. The van der Waals surface area contributed by atoms with E-state index in [-0.39, 0.29) is 11.5 Å². The molecule has 2 aliphatic heterocycles. The molecule has 1 amide bonds. The molecule has 2 aliphatic rings. The summed E-state index contributed by atoms with van der Waals surface area (Å²) in [6.07, 6.45) is -0.920. The number of piperidine rings is 1. The predicted octanol–water partition coefficient (Wildman–Crippen LogP) is 4.33. The number of hydrogen-bond acceptors (Lipinski definition) is 4. The second-order valence-electron chi connectivity index (χ2n) is 8.54. The molecule has 1 spiro atoms. The van der Waals surface area contributed by atoms with Crippen LogP contribution in [0, 0.1) is 5.41 Å². The third-order valence-electron chi connectivity index (χ3n) is 5.31. The van der Waals surface area contributed by atoms with Gasteiger partial charge >= 0.3 is 12.3 Å². The lowest BCUT2D eigenvalue weighted by Gasteiger charge is -2.40. The third-order valence-corrected chi connectivity index (χ3v) is 5.31. The number of rotatable bonds is 1. The van der Waals surface area contributed by atoms with E-state index in [2.05, 4.69) is 4.98 Å². The number of amides is 1. The van der Waals surface area contributed by atoms with Crippen molar-refractivity contribution in [1.29, 1.82) is 0 Å². The maximum atomic E-state index is 12.9. The first-order valence-electron chi connectivity index (χ1n) is 9.24. The van der Waals surface area contributed by atoms with Crippen LogP contribution in [-0.2, 0) is 10.9 Å². The van der Waals surface area contributed by atoms with Crippen LogP contribution >= 0.6 is 0 Å². The molecule has 5 nitrogen and oxygen atoms in total. The minimum absolute atomic E-state index is 0.0350. The highest BCUT2D eigenvalue weighted by atomic mass is 19.4. The van der Waals surface area contributed by atoms with E-state index >= 15 is 0 Å². The summed E-state index contributed by atoms with van der Waals surface area (Å²) >= 11 is 0. The molecule has 2 saturated heterocycles. The van der Waals surface area contributed by atoms with Gasteiger partial charge in [0, 0.05) is 38.1 Å². The van der Waals surface area contributed by atoms with Crippen molar-refractivity contribution < 1.29 is 22.7 Å². The molecular weight excluding hydrogens is 359 g/mol. The normalized spacial score (nSPS) is 20.2. The summed E-state index contributed by atoms with van der Waals surface area (Å²) in [5.41, 5.74) is -0.799. The second kappa shape index (κ2) is 6.87. The van der Waals surface area contributed by atoms with Crippen molar-refractivity contribution in [3.63, 3.8) is 0 Å². The van der Waals surface area contributed by atoms with Crippen molar-refractivity contribution in [3.8, 4) is 0 Å². The van der Waals surface area contributed by atoms with E-state index < -0.39 is 17.5 Å². The number of nitrogens with zero attached hydrogens (tertiary/aromatic N) is 3. The summed E-state index contributed by atoms with van der Waals surface area (Å²) in [6.45, 7) is 8.20. The maximum Gasteiger partial charge on any atom is 0.433 e. The topological polar surface area (TPSA) is 45.7 Å². The van der Waals surface area contributed by atoms with Crippen molar-refractivity contribution in [2.45, 2.75) is 51.8 Å². The fourth-order valence-corrected chi connectivity index (χ4v) is 3.84. The van der Waals surface area contributed by atoms with E-state index in [0.29, 0.717) is 31.9 Å². The predicted molar refractivity (Wildman–Crippen MR) is 95.5 cm³/mol. The molecule has 0 N–H and O–H groups in total. The van der Waals surface area contributed by atoms with Crippen molar-refractivity contribution in [1.82, 2.24) is 9.88 Å². The van der Waals surface area contributed by atoms with Crippen LogP contribution in [0.15, 0.2) is 18.3 Å². The molecule has 8 heteroatoms. The Labute approximate surface area is 157 Å². The molecule has 0 unspecified atom stereocenters. The number of halogens is 3. The Bertz CT molecular complexity index is 692. The molecule has 0 saturated carbocycles. The fraction of sp³-hybridized carbons (Fsp3) is 0.684. The number of carbonyl (C=O) groups is 1. The highest BCUT2D eigenvalue weighted by molar-refractivity contribution is 5.68. The molecular formula is C19H26F3N3O2. The zero-order chi connectivity index (χ0) is 19.9. The number of pyridine rings is 1. The van der Waals surface area contributed by atoms with Gasteiger partial charge in [0.25, 0.3) is 0 Å². The van der Waals surface area contributed by atoms with E-state index in [4.69, 9.17) is 4.74 Å². The van der Waals surface area contributed by atoms with E-state index in [1.54, 1.807) is 11.0 Å². The van der Waals surface area contributed by atoms with E-state index in [1.807, 2.05) is 25.7 Å². The first-order valence-corrected chi connectivity index (χ1v) is 9.24. The van der Waals surface area contributed by atoms with Gasteiger partial charge in [-0.2, -0.15) is 13.2 Å². The van der Waals surface area contributed by atoms with Gasteiger partial charge in [-0.1, -0.05) is 0 Å². The van der Waals surface area contributed by atoms with Crippen molar-refractivity contribution in [3.05, 3.63) is 24.0 Å². The lowest BCUT2D eigenvalue weighted by molar-refractivity contribution is -0.141. The average Bonchev–Trinajstić information content (AvgIpc) is 2.97. The van der Waals surface area contributed by atoms with Gasteiger partial charge in [0.05, 0.1) is 0 Å². The molecule has 1 aromatic heterocycles. The van der Waals surface area contributed by atoms with Crippen LogP contribution < -0.4 is 4.90 Å². The van der Waals surface area contributed by atoms with Crippen LogP contribution in [0.3, 0.4) is 0 Å².